The Balaban J connectivity index is 1.37. The van der Waals surface area contributed by atoms with Gasteiger partial charge < -0.3 is 104 Å². The molecule has 4 aliphatic heterocycles. The van der Waals surface area contributed by atoms with Gasteiger partial charge in [0.15, 0.2) is 25.2 Å². The third kappa shape index (κ3) is 11.7. The van der Waals surface area contributed by atoms with Crippen LogP contribution in [0.15, 0.2) is 0 Å². The molecule has 4 fully saturated rings. The molecule has 22 heteroatoms. The van der Waals surface area contributed by atoms with E-state index in [1.54, 1.807) is 0 Å². The molecular formula is C34H61NO21. The smallest absolute Gasteiger partial charge is 0.217 e. The van der Waals surface area contributed by atoms with Crippen LogP contribution in [0.2, 0.25) is 0 Å². The van der Waals surface area contributed by atoms with Crippen molar-refractivity contribution >= 4 is 5.91 Å². The maximum Gasteiger partial charge on any atom is 0.217 e. The molecule has 0 aliphatic carbocycles. The van der Waals surface area contributed by atoms with Crippen LogP contribution in [-0.4, -0.2) is 223 Å². The summed E-state index contributed by atoms with van der Waals surface area (Å²) in [5.74, 6) is -0.680. The fourth-order valence-corrected chi connectivity index (χ4v) is 6.95. The van der Waals surface area contributed by atoms with Gasteiger partial charge in [-0.1, -0.05) is 39.0 Å². The van der Waals surface area contributed by atoms with E-state index in [4.69, 9.17) is 37.9 Å². The largest absolute Gasteiger partial charge is 0.394 e. The van der Waals surface area contributed by atoms with Crippen molar-refractivity contribution in [3.63, 3.8) is 0 Å². The zero-order valence-corrected chi connectivity index (χ0v) is 31.4. The van der Waals surface area contributed by atoms with E-state index < -0.39 is 155 Å². The van der Waals surface area contributed by atoms with Crippen molar-refractivity contribution in [2.24, 2.45) is 0 Å². The minimum Gasteiger partial charge on any atom is -0.394 e. The maximum atomic E-state index is 12.2. The lowest BCUT2D eigenvalue weighted by molar-refractivity contribution is -0.355. The first-order valence-electron chi connectivity index (χ1n) is 19.1. The summed E-state index contributed by atoms with van der Waals surface area (Å²) >= 11 is 0. The van der Waals surface area contributed by atoms with Crippen molar-refractivity contribution in [1.29, 1.82) is 0 Å². The summed E-state index contributed by atoms with van der Waals surface area (Å²) in [5, 5.41) is 128. The molecule has 0 radical (unpaired) electrons. The van der Waals surface area contributed by atoms with Crippen molar-refractivity contribution in [1.82, 2.24) is 5.32 Å². The number of aliphatic hydroxyl groups is 12. The summed E-state index contributed by atoms with van der Waals surface area (Å²) in [6.45, 7) is 0.648. The molecule has 4 rings (SSSR count). The Morgan fingerprint density at radius 1 is 0.518 bits per heavy atom. The highest BCUT2D eigenvalue weighted by molar-refractivity contribution is 5.73. The van der Waals surface area contributed by atoms with Gasteiger partial charge in [0.2, 0.25) is 5.91 Å². The molecule has 0 unspecified atom stereocenters. The Bertz CT molecular complexity index is 1160. The normalized spacial score (nSPS) is 44.8. The van der Waals surface area contributed by atoms with Gasteiger partial charge in [-0.15, -0.1) is 0 Å². The van der Waals surface area contributed by atoms with Crippen molar-refractivity contribution in [2.75, 3.05) is 33.0 Å². The summed E-state index contributed by atoms with van der Waals surface area (Å²) < 4.78 is 45.2. The second-order valence-corrected chi connectivity index (χ2v) is 14.6. The standard InChI is InChI=1S/C34H61NO21/c1-3-4-5-6-7-8-9-49-32-27(46)25(44)22(41)18(54-32)13-51-33-28(47)26(45)21(40)17(55-33)12-50-31-19(35-14(2)38)23(42)30(16(11-37)53-31)56-34-29(48)24(43)20(39)15(10-36)52-34/h15-34,36-37,39-48H,3-13H2,1-2H3,(H,35,38)/t15-,16-,17-,18-,19-,20+,21-,22-,23-,24+,25+,26+,27+,28+,29-,30-,31-,32-,33+,34+/m1/s1. The van der Waals surface area contributed by atoms with Gasteiger partial charge in [0.1, 0.15) is 97.6 Å². The lowest BCUT2D eigenvalue weighted by atomic mass is 9.95. The number of carbonyl (C=O) groups excluding carboxylic acids is 1. The molecule has 0 aromatic carbocycles. The fourth-order valence-electron chi connectivity index (χ4n) is 6.95. The number of aliphatic hydroxyl groups excluding tert-OH is 12. The molecule has 328 valence electrons. The SMILES string of the molecule is CCCCCCCCO[C@@H]1O[C@H](CO[C@H]2O[C@H](CO[C@@H]3O[C@H](CO)[C@@H](O[C@@H]4O[C@H](CO)[C@H](O)[C@H](O)[C@H]4O)[C@H](O)[C@H]3NC(C)=O)[C@@H](O)[C@H](O)[C@@H]2O)[C@@H](O)[C@H](O)[C@@H]1O. The van der Waals surface area contributed by atoms with Gasteiger partial charge in [0.05, 0.1) is 26.4 Å². The van der Waals surface area contributed by atoms with E-state index in [1.807, 2.05) is 0 Å². The third-order valence-corrected chi connectivity index (χ3v) is 10.3. The Labute approximate surface area is 323 Å². The molecule has 22 nitrogen and oxygen atoms in total. The topological polar surface area (TPSA) is 346 Å². The highest BCUT2D eigenvalue weighted by Crippen LogP contribution is 2.31. The van der Waals surface area contributed by atoms with E-state index in [9.17, 15) is 66.1 Å². The molecule has 20 atom stereocenters. The van der Waals surface area contributed by atoms with E-state index in [0.29, 0.717) is 6.42 Å². The van der Waals surface area contributed by atoms with Crippen molar-refractivity contribution in [3.05, 3.63) is 0 Å². The second-order valence-electron chi connectivity index (χ2n) is 14.6. The van der Waals surface area contributed by atoms with E-state index in [0.717, 1.165) is 39.0 Å². The van der Waals surface area contributed by atoms with Crippen LogP contribution in [0.3, 0.4) is 0 Å². The predicted molar refractivity (Wildman–Crippen MR) is 183 cm³/mol. The Morgan fingerprint density at radius 2 is 0.964 bits per heavy atom. The van der Waals surface area contributed by atoms with Crippen LogP contribution in [-0.2, 0) is 42.7 Å². The summed E-state index contributed by atoms with van der Waals surface area (Å²) in [6, 6.07) is -1.46. The average molecular weight is 820 g/mol. The first-order valence-corrected chi connectivity index (χ1v) is 19.1. The molecule has 0 aromatic rings. The molecule has 13 N–H and O–H groups in total. The lowest BCUT2D eigenvalue weighted by Crippen LogP contribution is -2.68. The van der Waals surface area contributed by atoms with Gasteiger partial charge in [-0.25, -0.2) is 0 Å². The van der Waals surface area contributed by atoms with Gasteiger partial charge in [0, 0.05) is 13.5 Å². The van der Waals surface area contributed by atoms with Crippen LogP contribution in [0.4, 0.5) is 0 Å². The van der Waals surface area contributed by atoms with Crippen molar-refractivity contribution in [2.45, 2.75) is 175 Å². The average Bonchev–Trinajstić information content (AvgIpc) is 3.18. The number of rotatable bonds is 19. The van der Waals surface area contributed by atoms with Crippen LogP contribution < -0.4 is 5.32 Å². The first kappa shape index (κ1) is 47.3. The maximum absolute atomic E-state index is 12.2. The van der Waals surface area contributed by atoms with Crippen LogP contribution in [0.1, 0.15) is 52.4 Å². The molecule has 4 heterocycles. The van der Waals surface area contributed by atoms with E-state index >= 15 is 0 Å². The van der Waals surface area contributed by atoms with Crippen LogP contribution in [0, 0.1) is 0 Å². The minimum absolute atomic E-state index is 0.218. The van der Waals surface area contributed by atoms with Crippen molar-refractivity contribution < 1.29 is 104 Å². The monoisotopic (exact) mass is 819 g/mol. The summed E-state index contributed by atoms with van der Waals surface area (Å²) in [5.41, 5.74) is 0. The number of nitrogens with one attached hydrogen (secondary N) is 1. The summed E-state index contributed by atoms with van der Waals surface area (Å²) in [6.07, 6.45) is -25.1. The molecule has 0 bridgehead atoms. The first-order chi connectivity index (χ1) is 26.6. The van der Waals surface area contributed by atoms with Crippen LogP contribution in [0.5, 0.6) is 0 Å². The van der Waals surface area contributed by atoms with Crippen LogP contribution >= 0.6 is 0 Å². The zero-order valence-electron chi connectivity index (χ0n) is 31.4. The molecule has 56 heavy (non-hydrogen) atoms. The van der Waals surface area contributed by atoms with Crippen molar-refractivity contribution in [3.8, 4) is 0 Å². The van der Waals surface area contributed by atoms with Crippen LogP contribution in [0.25, 0.3) is 0 Å². The summed E-state index contributed by atoms with van der Waals surface area (Å²) in [4.78, 5) is 12.2. The Hall–Kier alpha value is -1.33. The Morgan fingerprint density at radius 3 is 1.50 bits per heavy atom. The van der Waals surface area contributed by atoms with Gasteiger partial charge in [0.25, 0.3) is 0 Å². The number of unbranched alkanes of at least 4 members (excludes halogenated alkanes) is 5. The predicted octanol–water partition coefficient (Wildman–Crippen LogP) is -6.22. The molecule has 0 spiro atoms. The molecule has 4 aliphatic rings. The van der Waals surface area contributed by atoms with Gasteiger partial charge in [-0.3, -0.25) is 4.79 Å². The van der Waals surface area contributed by atoms with E-state index in [-0.39, 0.29) is 6.61 Å². The van der Waals surface area contributed by atoms with Gasteiger partial charge >= 0.3 is 0 Å². The quantitative estimate of drug-likeness (QED) is 0.0539. The molecular weight excluding hydrogens is 758 g/mol. The van der Waals surface area contributed by atoms with Gasteiger partial charge in [-0.2, -0.15) is 0 Å². The zero-order chi connectivity index (χ0) is 41.3. The second kappa shape index (κ2) is 22.3. The molecule has 4 saturated heterocycles. The molecule has 0 saturated carbocycles. The van der Waals surface area contributed by atoms with E-state index in [1.165, 1.54) is 0 Å². The van der Waals surface area contributed by atoms with Gasteiger partial charge in [-0.05, 0) is 6.42 Å². The highest BCUT2D eigenvalue weighted by atomic mass is 16.8. The molecule has 0 aromatic heterocycles. The Kier molecular flexibility index (Phi) is 18.9. The number of hydrogen-bond donors (Lipinski definition) is 13. The number of ether oxygens (including phenoxy) is 8. The number of hydrogen-bond acceptors (Lipinski definition) is 21. The summed E-state index contributed by atoms with van der Waals surface area (Å²) in [7, 11) is 0. The number of amides is 1. The number of carbonyl (C=O) groups is 1. The fraction of sp³-hybridized carbons (Fsp3) is 0.971. The third-order valence-electron chi connectivity index (χ3n) is 10.3. The highest BCUT2D eigenvalue weighted by Gasteiger charge is 2.53. The molecule has 1 amide bonds. The van der Waals surface area contributed by atoms with E-state index in [2.05, 4.69) is 12.2 Å². The lowest BCUT2D eigenvalue weighted by Gasteiger charge is -2.47. The minimum atomic E-state index is -1.87.